The van der Waals surface area contributed by atoms with Crippen molar-refractivity contribution in [1.82, 2.24) is 9.97 Å². The number of aliphatic hydroxyl groups excluding tert-OH is 1. The number of methoxy groups -OCH3 is 2. The maximum absolute atomic E-state index is 13.8. The molecule has 5 rings (SSSR count). The third kappa shape index (κ3) is 4.06. The van der Waals surface area contributed by atoms with Crippen LogP contribution in [0.5, 0.6) is 11.5 Å². The minimum Gasteiger partial charge on any atom is -0.503 e. The van der Waals surface area contributed by atoms with Crippen LogP contribution in [0.3, 0.4) is 0 Å². The number of thiazole rings is 2. The molecule has 37 heavy (non-hydrogen) atoms. The largest absolute Gasteiger partial charge is 0.503 e. The molecule has 0 saturated carbocycles. The summed E-state index contributed by atoms with van der Waals surface area (Å²) < 4.78 is 11.8. The average Bonchev–Trinajstić information content (AvgIpc) is 3.51. The summed E-state index contributed by atoms with van der Waals surface area (Å²) in [6, 6.07) is 8.29. The molecule has 2 aromatic heterocycles. The van der Waals surface area contributed by atoms with E-state index in [0.29, 0.717) is 32.8 Å². The van der Waals surface area contributed by atoms with Gasteiger partial charge in [0.25, 0.3) is 5.91 Å². The molecule has 0 spiro atoms. The van der Waals surface area contributed by atoms with Crippen molar-refractivity contribution in [1.29, 1.82) is 0 Å². The zero-order valence-corrected chi connectivity index (χ0v) is 22.8. The molecule has 1 amide bonds. The predicted octanol–water partition coefficient (Wildman–Crippen LogP) is 5.79. The molecule has 0 fully saturated rings. The number of fused-ring (bicyclic) bond motifs is 1. The van der Waals surface area contributed by atoms with Gasteiger partial charge in [0.05, 0.1) is 51.6 Å². The van der Waals surface area contributed by atoms with E-state index in [1.807, 2.05) is 32.9 Å². The van der Waals surface area contributed by atoms with E-state index < -0.39 is 23.5 Å². The smallest absolute Gasteiger partial charge is 0.296 e. The highest BCUT2D eigenvalue weighted by molar-refractivity contribution is 7.22. The van der Waals surface area contributed by atoms with E-state index in [-0.39, 0.29) is 5.57 Å². The van der Waals surface area contributed by atoms with E-state index in [1.54, 1.807) is 25.1 Å². The summed E-state index contributed by atoms with van der Waals surface area (Å²) in [6.07, 6.45) is 0. The Labute approximate surface area is 221 Å². The summed E-state index contributed by atoms with van der Waals surface area (Å²) in [7, 11) is 3.05. The fraction of sp³-hybridized carbons (Fsp3) is 0.259. The Kier molecular flexibility index (Phi) is 6.25. The van der Waals surface area contributed by atoms with Crippen LogP contribution >= 0.6 is 22.7 Å². The van der Waals surface area contributed by atoms with E-state index in [9.17, 15) is 14.7 Å². The SMILES string of the molecule is COc1ccc(C2C(C(=O)c3sc(C)nc3C)=C(O)C(=O)N2c2nc3c(C)cc(C)cc3s2)cc1OC. The van der Waals surface area contributed by atoms with Crippen LogP contribution in [0, 0.1) is 27.7 Å². The third-order valence-electron chi connectivity index (χ3n) is 6.31. The Balaban J connectivity index is 1.73. The Morgan fingerprint density at radius 2 is 1.73 bits per heavy atom. The molecule has 190 valence electrons. The number of aromatic nitrogens is 2. The first-order valence-corrected chi connectivity index (χ1v) is 13.1. The summed E-state index contributed by atoms with van der Waals surface area (Å²) in [5.74, 6) is -0.781. The molecule has 0 radical (unpaired) electrons. The van der Waals surface area contributed by atoms with E-state index >= 15 is 0 Å². The Hall–Kier alpha value is -3.76. The Morgan fingerprint density at radius 3 is 2.38 bits per heavy atom. The predicted molar refractivity (Wildman–Crippen MR) is 144 cm³/mol. The normalized spacial score (nSPS) is 15.7. The first-order valence-electron chi connectivity index (χ1n) is 11.5. The van der Waals surface area contributed by atoms with Crippen LogP contribution in [0.15, 0.2) is 41.7 Å². The van der Waals surface area contributed by atoms with Gasteiger partial charge in [0.15, 0.2) is 22.4 Å². The first kappa shape index (κ1) is 24.9. The van der Waals surface area contributed by atoms with Crippen molar-refractivity contribution in [2.24, 2.45) is 0 Å². The van der Waals surface area contributed by atoms with Gasteiger partial charge in [-0.15, -0.1) is 11.3 Å². The summed E-state index contributed by atoms with van der Waals surface area (Å²) in [5, 5.41) is 12.2. The lowest BCUT2D eigenvalue weighted by Crippen LogP contribution is -2.31. The maximum atomic E-state index is 13.8. The van der Waals surface area contributed by atoms with Gasteiger partial charge in [-0.05, 0) is 62.6 Å². The van der Waals surface area contributed by atoms with Crippen molar-refractivity contribution in [2.45, 2.75) is 33.7 Å². The number of rotatable bonds is 6. The molecule has 1 atom stereocenters. The number of benzene rings is 2. The molecule has 10 heteroatoms. The highest BCUT2D eigenvalue weighted by Gasteiger charge is 2.46. The molecule has 0 aliphatic carbocycles. The monoisotopic (exact) mass is 535 g/mol. The molecule has 1 N–H and O–H groups in total. The minimum absolute atomic E-state index is 0.0175. The van der Waals surface area contributed by atoms with Crippen LogP contribution < -0.4 is 14.4 Å². The topological polar surface area (TPSA) is 102 Å². The molecule has 1 aliphatic rings. The van der Waals surface area contributed by atoms with E-state index in [4.69, 9.17) is 14.5 Å². The van der Waals surface area contributed by atoms with Gasteiger partial charge in [0.2, 0.25) is 5.78 Å². The van der Waals surface area contributed by atoms with Gasteiger partial charge in [-0.3, -0.25) is 14.5 Å². The summed E-state index contributed by atoms with van der Waals surface area (Å²) in [4.78, 5) is 38.4. The molecule has 2 aromatic carbocycles. The van der Waals surface area contributed by atoms with Gasteiger partial charge < -0.3 is 14.6 Å². The zero-order chi connectivity index (χ0) is 26.6. The van der Waals surface area contributed by atoms with Crippen LogP contribution in [-0.2, 0) is 4.79 Å². The van der Waals surface area contributed by atoms with Crippen molar-refractivity contribution in [2.75, 3.05) is 19.1 Å². The van der Waals surface area contributed by atoms with Crippen LogP contribution in [-0.4, -0.2) is 41.0 Å². The number of hydrogen-bond donors (Lipinski definition) is 1. The maximum Gasteiger partial charge on any atom is 0.296 e. The van der Waals surface area contributed by atoms with Crippen molar-refractivity contribution in [3.8, 4) is 11.5 Å². The van der Waals surface area contributed by atoms with Gasteiger partial charge in [0, 0.05) is 0 Å². The van der Waals surface area contributed by atoms with Crippen molar-refractivity contribution < 1.29 is 24.2 Å². The second kappa shape index (κ2) is 9.28. The molecular formula is C27H25N3O5S2. The molecule has 0 saturated heterocycles. The summed E-state index contributed by atoms with van der Waals surface area (Å²) in [6.45, 7) is 7.53. The first-order chi connectivity index (χ1) is 17.6. The molecule has 4 aromatic rings. The van der Waals surface area contributed by atoms with E-state index in [1.165, 1.54) is 41.8 Å². The minimum atomic E-state index is -0.927. The third-order valence-corrected chi connectivity index (χ3v) is 8.38. The lowest BCUT2D eigenvalue weighted by Gasteiger charge is -2.25. The Morgan fingerprint density at radius 1 is 1.00 bits per heavy atom. The highest BCUT2D eigenvalue weighted by atomic mass is 32.1. The second-order valence-electron chi connectivity index (χ2n) is 8.86. The van der Waals surface area contributed by atoms with E-state index in [0.717, 1.165) is 26.4 Å². The summed E-state index contributed by atoms with van der Waals surface area (Å²) in [5.41, 5.74) is 3.95. The summed E-state index contributed by atoms with van der Waals surface area (Å²) >= 11 is 2.58. The van der Waals surface area contributed by atoms with Gasteiger partial charge in [-0.25, -0.2) is 9.97 Å². The number of carbonyl (C=O) groups excluding carboxylic acids is 2. The number of aliphatic hydroxyl groups is 1. The Bertz CT molecular complexity index is 1620. The zero-order valence-electron chi connectivity index (χ0n) is 21.2. The molecule has 1 unspecified atom stereocenters. The number of nitrogens with zero attached hydrogens (tertiary/aromatic N) is 3. The number of carbonyl (C=O) groups is 2. The average molecular weight is 536 g/mol. The standard InChI is InChI=1S/C27H25N3O5S2/c1-12-9-13(2)21-19(10-12)37-27(29-21)30-22(16-7-8-17(34-5)18(11-16)35-6)20(24(32)26(30)33)23(31)25-14(3)28-15(4)36-25/h7-11,22,32H,1-6H3. The van der Waals surface area contributed by atoms with Gasteiger partial charge >= 0.3 is 0 Å². The number of amides is 1. The molecule has 0 bridgehead atoms. The van der Waals surface area contributed by atoms with Crippen molar-refractivity contribution >= 4 is 49.7 Å². The van der Waals surface area contributed by atoms with Crippen LogP contribution in [0.25, 0.3) is 10.2 Å². The van der Waals surface area contributed by atoms with Crippen molar-refractivity contribution in [3.05, 3.63) is 73.9 Å². The fourth-order valence-corrected chi connectivity index (χ4v) is 6.74. The number of anilines is 1. The number of ether oxygens (including phenoxy) is 2. The lowest BCUT2D eigenvalue weighted by molar-refractivity contribution is -0.117. The molecule has 8 nitrogen and oxygen atoms in total. The van der Waals surface area contributed by atoms with Crippen molar-refractivity contribution in [3.63, 3.8) is 0 Å². The molecule has 3 heterocycles. The number of Topliss-reactive ketones (excluding diaryl/α,β-unsaturated/α-hetero) is 1. The quantitative estimate of drug-likeness (QED) is 0.312. The number of hydrogen-bond acceptors (Lipinski definition) is 9. The highest BCUT2D eigenvalue weighted by Crippen LogP contribution is 2.46. The van der Waals surface area contributed by atoms with Gasteiger partial charge in [-0.2, -0.15) is 0 Å². The second-order valence-corrected chi connectivity index (χ2v) is 11.1. The van der Waals surface area contributed by atoms with Crippen LogP contribution in [0.2, 0.25) is 0 Å². The lowest BCUT2D eigenvalue weighted by atomic mass is 9.95. The fourth-order valence-electron chi connectivity index (χ4n) is 4.70. The van der Waals surface area contributed by atoms with Crippen LogP contribution in [0.1, 0.15) is 43.1 Å². The number of ketones is 1. The number of aryl methyl sites for hydroxylation is 4. The van der Waals surface area contributed by atoms with Crippen LogP contribution in [0.4, 0.5) is 5.13 Å². The van der Waals surface area contributed by atoms with E-state index in [2.05, 4.69) is 4.98 Å². The van der Waals surface area contributed by atoms with Gasteiger partial charge in [0.1, 0.15) is 0 Å². The van der Waals surface area contributed by atoms with Gasteiger partial charge in [-0.1, -0.05) is 23.5 Å². The molecular weight excluding hydrogens is 510 g/mol. The molecule has 1 aliphatic heterocycles.